The number of nitrogens with one attached hydrogen (secondary N) is 1. The van der Waals surface area contributed by atoms with Crippen molar-refractivity contribution in [2.45, 2.75) is 290 Å². The van der Waals surface area contributed by atoms with Gasteiger partial charge in [0.2, 0.25) is 5.91 Å². The topological polar surface area (TPSA) is 114 Å². The molecule has 0 aromatic heterocycles. The lowest BCUT2D eigenvalue weighted by atomic mass is 10.0. The van der Waals surface area contributed by atoms with E-state index in [9.17, 15) is 19.0 Å². The van der Waals surface area contributed by atoms with Gasteiger partial charge in [-0.1, -0.05) is 237 Å². The van der Waals surface area contributed by atoms with Crippen LogP contribution in [-0.4, -0.2) is 69.4 Å². The van der Waals surface area contributed by atoms with Crippen molar-refractivity contribution in [1.29, 1.82) is 0 Å². The minimum absolute atomic E-state index is 0.0206. The van der Waals surface area contributed by atoms with Crippen LogP contribution in [0.15, 0.2) is 36.5 Å². The van der Waals surface area contributed by atoms with Gasteiger partial charge in [0.15, 0.2) is 0 Å². The molecule has 0 aliphatic carbocycles. The second kappa shape index (κ2) is 49.8. The molecule has 0 saturated heterocycles. The molecule has 0 aromatic carbocycles. The molecule has 9 nitrogen and oxygen atoms in total. The first-order chi connectivity index (χ1) is 33.4. The molecule has 0 aliphatic rings. The van der Waals surface area contributed by atoms with E-state index in [0.717, 1.165) is 64.2 Å². The van der Waals surface area contributed by atoms with E-state index < -0.39 is 20.0 Å². The van der Waals surface area contributed by atoms with Gasteiger partial charge in [-0.25, -0.2) is 0 Å². The van der Waals surface area contributed by atoms with E-state index in [4.69, 9.17) is 13.8 Å². The molecule has 0 heterocycles. The Balaban J connectivity index is 5.17. The number of hydrogen-bond acceptors (Lipinski definition) is 7. The molecule has 3 atom stereocenters. The van der Waals surface area contributed by atoms with Crippen molar-refractivity contribution in [3.05, 3.63) is 36.5 Å². The molecule has 10 heteroatoms. The van der Waals surface area contributed by atoms with Gasteiger partial charge in [0.25, 0.3) is 7.82 Å². The van der Waals surface area contributed by atoms with Gasteiger partial charge in [-0.3, -0.25) is 14.2 Å². The number of allylic oxidation sites excluding steroid dienone is 5. The summed E-state index contributed by atoms with van der Waals surface area (Å²) in [5.41, 5.74) is 0. The molecule has 1 N–H and O–H groups in total. The summed E-state index contributed by atoms with van der Waals surface area (Å²) in [5, 5.41) is 3.02. The summed E-state index contributed by atoms with van der Waals surface area (Å²) < 4.78 is 30.2. The summed E-state index contributed by atoms with van der Waals surface area (Å²) in [4.78, 5) is 39.8. The second-order valence-electron chi connectivity index (χ2n) is 21.2. The van der Waals surface area contributed by atoms with Gasteiger partial charge >= 0.3 is 5.97 Å². The molecule has 0 spiro atoms. The van der Waals surface area contributed by atoms with E-state index in [1.807, 2.05) is 33.3 Å². The van der Waals surface area contributed by atoms with Crippen LogP contribution in [0.4, 0.5) is 0 Å². The minimum atomic E-state index is -4.69. The number of rotatable bonds is 53. The first-order valence-electron chi connectivity index (χ1n) is 29.3. The summed E-state index contributed by atoms with van der Waals surface area (Å²) in [7, 11) is 1.19. The van der Waals surface area contributed by atoms with Crippen molar-refractivity contribution in [1.82, 2.24) is 5.32 Å². The minimum Gasteiger partial charge on any atom is -0.756 e. The third-order valence-corrected chi connectivity index (χ3v) is 14.0. The fourth-order valence-corrected chi connectivity index (χ4v) is 9.22. The van der Waals surface area contributed by atoms with Gasteiger partial charge in [-0.2, -0.15) is 0 Å². The van der Waals surface area contributed by atoms with Crippen molar-refractivity contribution in [2.75, 3.05) is 40.9 Å². The highest BCUT2D eigenvalue weighted by atomic mass is 31.2. The largest absolute Gasteiger partial charge is 0.756 e. The first kappa shape index (κ1) is 67.2. The molecule has 1 amide bonds. The maximum absolute atomic E-state index is 13.5. The summed E-state index contributed by atoms with van der Waals surface area (Å²) in [5.74, 6) is -0.536. The number of carbonyl (C=O) groups is 2. The number of carbonyl (C=O) groups excluding carboxylic acids is 2. The SMILES string of the molecule is CCCCC/C=C\C/C=C\CCCCCCCCCCCCCC(=O)NC(COP(=O)([O-])OCC[N+](C)(C)C)C(/C=C\CCCCCCCCCCC)OC(=O)CCCCCCCCCCCCC. The molecular weight excluding hydrogens is 880 g/mol. The zero-order valence-corrected chi connectivity index (χ0v) is 47.2. The molecule has 0 saturated carbocycles. The Morgan fingerprint density at radius 2 is 0.884 bits per heavy atom. The van der Waals surface area contributed by atoms with Crippen LogP contribution in [-0.2, 0) is 27.9 Å². The number of phosphoric ester groups is 1. The van der Waals surface area contributed by atoms with Crippen LogP contribution in [0.3, 0.4) is 0 Å². The first-order valence-corrected chi connectivity index (χ1v) is 30.8. The Labute approximate surface area is 427 Å². The maximum Gasteiger partial charge on any atom is 0.306 e. The van der Waals surface area contributed by atoms with Gasteiger partial charge in [0, 0.05) is 12.8 Å². The standard InChI is InChI=1S/C59H113N2O7P/c1-7-10-13-16-19-22-25-26-27-28-29-30-31-32-33-34-37-39-42-45-48-51-58(62)60-56(55-67-69(64,65)66-54-53-61(4,5)6)57(50-47-44-41-38-35-23-20-17-14-11-8-2)68-59(63)52-49-46-43-40-36-24-21-18-15-12-9-3/h19,22,26-27,47,50,56-57H,7-18,20-21,23-25,28-46,48-49,51-55H2,1-6H3,(H-,60,62,64,65)/b22-19-,27-26-,50-47-. The molecular formula is C59H113N2O7P. The normalized spacial score (nSPS) is 14.0. The Bertz CT molecular complexity index is 1280. The zero-order chi connectivity index (χ0) is 50.8. The van der Waals surface area contributed by atoms with Gasteiger partial charge in [-0.15, -0.1) is 0 Å². The summed E-state index contributed by atoms with van der Waals surface area (Å²) in [6.45, 7) is 6.82. The van der Waals surface area contributed by atoms with E-state index in [1.54, 1.807) is 0 Å². The maximum atomic E-state index is 13.5. The molecule has 0 bridgehead atoms. The van der Waals surface area contributed by atoms with Crippen molar-refractivity contribution in [2.24, 2.45) is 0 Å². The molecule has 0 rings (SSSR count). The van der Waals surface area contributed by atoms with E-state index in [2.05, 4.69) is 50.4 Å². The van der Waals surface area contributed by atoms with Gasteiger partial charge in [0.05, 0.1) is 33.8 Å². The average Bonchev–Trinajstić information content (AvgIpc) is 3.31. The van der Waals surface area contributed by atoms with Gasteiger partial charge < -0.3 is 28.5 Å². The lowest BCUT2D eigenvalue weighted by Crippen LogP contribution is -2.47. The molecule has 69 heavy (non-hydrogen) atoms. The third kappa shape index (κ3) is 51.0. The second-order valence-corrected chi connectivity index (χ2v) is 22.6. The molecule has 0 aromatic rings. The number of amides is 1. The van der Waals surface area contributed by atoms with Crippen LogP contribution in [0.25, 0.3) is 0 Å². The summed E-state index contributed by atoms with van der Waals surface area (Å²) >= 11 is 0. The highest BCUT2D eigenvalue weighted by Crippen LogP contribution is 2.38. The number of hydrogen-bond donors (Lipinski definition) is 1. The van der Waals surface area contributed by atoms with Crippen LogP contribution in [0.1, 0.15) is 278 Å². The van der Waals surface area contributed by atoms with Crippen molar-refractivity contribution >= 4 is 19.7 Å². The average molecular weight is 994 g/mol. The Morgan fingerprint density at radius 1 is 0.507 bits per heavy atom. The van der Waals surface area contributed by atoms with Crippen LogP contribution in [0.2, 0.25) is 0 Å². The van der Waals surface area contributed by atoms with Crippen LogP contribution < -0.4 is 10.2 Å². The number of esters is 1. The third-order valence-electron chi connectivity index (χ3n) is 13.1. The Morgan fingerprint density at radius 3 is 1.33 bits per heavy atom. The van der Waals surface area contributed by atoms with E-state index in [0.29, 0.717) is 17.4 Å². The molecule has 3 unspecified atom stereocenters. The predicted molar refractivity (Wildman–Crippen MR) is 293 cm³/mol. The van der Waals surface area contributed by atoms with E-state index >= 15 is 0 Å². The van der Waals surface area contributed by atoms with Crippen LogP contribution >= 0.6 is 7.82 Å². The number of nitrogens with zero attached hydrogens (tertiary/aromatic N) is 1. The van der Waals surface area contributed by atoms with Crippen LogP contribution in [0, 0.1) is 0 Å². The highest BCUT2D eigenvalue weighted by Gasteiger charge is 2.27. The Kier molecular flexibility index (Phi) is 48.5. The number of unbranched alkanes of at least 4 members (excludes halogenated alkanes) is 33. The molecule has 406 valence electrons. The molecule has 0 fully saturated rings. The summed E-state index contributed by atoms with van der Waals surface area (Å²) in [6.07, 6.45) is 58.2. The fourth-order valence-electron chi connectivity index (χ4n) is 8.49. The number of phosphoric acid groups is 1. The van der Waals surface area contributed by atoms with Gasteiger partial charge in [-0.05, 0) is 63.9 Å². The predicted octanol–water partition coefficient (Wildman–Crippen LogP) is 16.9. The van der Waals surface area contributed by atoms with E-state index in [-0.39, 0.29) is 31.5 Å². The van der Waals surface area contributed by atoms with Crippen molar-refractivity contribution in [3.8, 4) is 0 Å². The Hall–Kier alpha value is -1.77. The van der Waals surface area contributed by atoms with Crippen LogP contribution in [0.5, 0.6) is 0 Å². The highest BCUT2D eigenvalue weighted by molar-refractivity contribution is 7.45. The quantitative estimate of drug-likeness (QED) is 0.0212. The smallest absolute Gasteiger partial charge is 0.306 e. The molecule has 0 aliphatic heterocycles. The number of quaternary nitrogens is 1. The van der Waals surface area contributed by atoms with E-state index in [1.165, 1.54) is 180 Å². The lowest BCUT2D eigenvalue weighted by molar-refractivity contribution is -0.870. The number of ether oxygens (including phenoxy) is 1. The molecule has 0 radical (unpaired) electrons. The number of likely N-dealkylation sites (N-methyl/N-ethyl adjacent to an activating group) is 1. The van der Waals surface area contributed by atoms with Gasteiger partial charge in [0.1, 0.15) is 19.3 Å². The monoisotopic (exact) mass is 993 g/mol. The van der Waals surface area contributed by atoms with Crippen molar-refractivity contribution in [3.63, 3.8) is 0 Å². The zero-order valence-electron chi connectivity index (χ0n) is 46.3. The van der Waals surface area contributed by atoms with Crippen molar-refractivity contribution < 1.29 is 37.3 Å². The lowest BCUT2D eigenvalue weighted by Gasteiger charge is -2.30. The fraction of sp³-hybridized carbons (Fsp3) is 0.864. The summed E-state index contributed by atoms with van der Waals surface area (Å²) in [6, 6.07) is -0.883.